The monoisotopic (exact) mass is 448 g/mol. The summed E-state index contributed by atoms with van der Waals surface area (Å²) in [6, 6.07) is 16.7. The summed E-state index contributed by atoms with van der Waals surface area (Å²) in [7, 11) is 0. The zero-order valence-corrected chi connectivity index (χ0v) is 19.0. The minimum Gasteiger partial charge on any atom is -0.478 e. The number of carbonyl (C=O) groups is 3. The zero-order valence-electron chi connectivity index (χ0n) is 19.0. The second kappa shape index (κ2) is 14.4. The molecule has 6 nitrogen and oxygen atoms in total. The molecule has 0 atom stereocenters. The van der Waals surface area contributed by atoms with Crippen LogP contribution in [0.4, 0.5) is 5.69 Å². The quantitative estimate of drug-likeness (QED) is 0.291. The predicted molar refractivity (Wildman–Crippen MR) is 132 cm³/mol. The van der Waals surface area contributed by atoms with Gasteiger partial charge in [-0.15, -0.1) is 0 Å². The fourth-order valence-electron chi connectivity index (χ4n) is 3.31. The van der Waals surface area contributed by atoms with Gasteiger partial charge in [-0.2, -0.15) is 0 Å². The second-order valence-corrected chi connectivity index (χ2v) is 7.72. The Morgan fingerprint density at radius 1 is 0.788 bits per heavy atom. The Morgan fingerprint density at radius 2 is 1.42 bits per heavy atom. The van der Waals surface area contributed by atoms with Crippen molar-refractivity contribution < 1.29 is 19.5 Å². The van der Waals surface area contributed by atoms with E-state index >= 15 is 0 Å². The highest BCUT2D eigenvalue weighted by molar-refractivity contribution is 6.02. The maximum atomic E-state index is 12.6. The lowest BCUT2D eigenvalue weighted by Gasteiger charge is -2.11. The Hall–Kier alpha value is -3.67. The molecule has 3 N–H and O–H groups in total. The number of carboxylic acid groups (broad SMARTS) is 1. The molecule has 0 heterocycles. The molecule has 174 valence electrons. The SMILES string of the molecule is CCCCCCCCNC(=O)C=C(c1ccccc1)c1ccc(NC(=O)/C=C\C(=O)O)cc1. The Labute approximate surface area is 195 Å². The van der Waals surface area contributed by atoms with Gasteiger partial charge in [0, 0.05) is 30.5 Å². The molecule has 0 radical (unpaired) electrons. The number of rotatable bonds is 13. The van der Waals surface area contributed by atoms with Crippen LogP contribution in [0.2, 0.25) is 0 Å². The van der Waals surface area contributed by atoms with Crippen molar-refractivity contribution in [3.8, 4) is 0 Å². The van der Waals surface area contributed by atoms with Crippen LogP contribution < -0.4 is 10.6 Å². The molecule has 6 heteroatoms. The summed E-state index contributed by atoms with van der Waals surface area (Å²) in [5.41, 5.74) is 3.04. The van der Waals surface area contributed by atoms with Crippen LogP contribution in [-0.4, -0.2) is 29.4 Å². The Bertz CT molecular complexity index is 963. The largest absolute Gasteiger partial charge is 0.478 e. The van der Waals surface area contributed by atoms with E-state index in [1.54, 1.807) is 18.2 Å². The van der Waals surface area contributed by atoms with Crippen molar-refractivity contribution in [2.24, 2.45) is 0 Å². The average molecular weight is 449 g/mol. The van der Waals surface area contributed by atoms with Crippen LogP contribution in [-0.2, 0) is 14.4 Å². The molecule has 2 amide bonds. The molecule has 0 saturated carbocycles. The number of unbranched alkanes of at least 4 members (excludes halogenated alkanes) is 5. The molecule has 0 aliphatic carbocycles. The van der Waals surface area contributed by atoms with Gasteiger partial charge >= 0.3 is 5.97 Å². The summed E-state index contributed by atoms with van der Waals surface area (Å²) >= 11 is 0. The summed E-state index contributed by atoms with van der Waals surface area (Å²) in [5, 5.41) is 14.2. The maximum absolute atomic E-state index is 12.6. The van der Waals surface area contributed by atoms with Gasteiger partial charge in [0.2, 0.25) is 11.8 Å². The van der Waals surface area contributed by atoms with Crippen molar-refractivity contribution in [3.63, 3.8) is 0 Å². The average Bonchev–Trinajstić information content (AvgIpc) is 2.82. The van der Waals surface area contributed by atoms with Crippen LogP contribution in [0.3, 0.4) is 0 Å². The minimum absolute atomic E-state index is 0.140. The first-order valence-corrected chi connectivity index (χ1v) is 11.4. The van der Waals surface area contributed by atoms with Crippen LogP contribution >= 0.6 is 0 Å². The number of hydrogen-bond donors (Lipinski definition) is 3. The summed E-state index contributed by atoms with van der Waals surface area (Å²) in [6.07, 6.45) is 10.4. The van der Waals surface area contributed by atoms with Gasteiger partial charge in [-0.1, -0.05) is 81.5 Å². The molecular formula is C27H32N2O4. The first-order valence-electron chi connectivity index (χ1n) is 11.4. The highest BCUT2D eigenvalue weighted by Crippen LogP contribution is 2.24. The summed E-state index contributed by atoms with van der Waals surface area (Å²) in [4.78, 5) is 34.9. The molecule has 0 bridgehead atoms. The molecular weight excluding hydrogens is 416 g/mol. The van der Waals surface area contributed by atoms with E-state index in [1.807, 2.05) is 42.5 Å². The normalized spacial score (nSPS) is 11.4. The van der Waals surface area contributed by atoms with Gasteiger partial charge in [0.1, 0.15) is 0 Å². The second-order valence-electron chi connectivity index (χ2n) is 7.72. The minimum atomic E-state index is -1.19. The summed E-state index contributed by atoms with van der Waals surface area (Å²) in [6.45, 7) is 2.85. The zero-order chi connectivity index (χ0) is 23.9. The molecule has 0 aliphatic heterocycles. The van der Waals surface area contributed by atoms with E-state index in [0.717, 1.165) is 41.7 Å². The topological polar surface area (TPSA) is 95.5 Å². The smallest absolute Gasteiger partial charge is 0.328 e. The number of hydrogen-bond acceptors (Lipinski definition) is 3. The third-order valence-electron chi connectivity index (χ3n) is 5.03. The van der Waals surface area contributed by atoms with Crippen LogP contribution in [0.15, 0.2) is 72.8 Å². The van der Waals surface area contributed by atoms with Crippen molar-refractivity contribution in [2.45, 2.75) is 45.4 Å². The molecule has 0 fully saturated rings. The van der Waals surface area contributed by atoms with Gasteiger partial charge in [-0.3, -0.25) is 9.59 Å². The fraction of sp³-hybridized carbons (Fsp3) is 0.296. The van der Waals surface area contributed by atoms with Gasteiger partial charge in [0.15, 0.2) is 0 Å². The molecule has 0 aromatic heterocycles. The third-order valence-corrected chi connectivity index (χ3v) is 5.03. The highest BCUT2D eigenvalue weighted by Gasteiger charge is 2.09. The van der Waals surface area contributed by atoms with Gasteiger partial charge < -0.3 is 15.7 Å². The lowest BCUT2D eigenvalue weighted by molar-refractivity contribution is -0.131. The first-order chi connectivity index (χ1) is 16.0. The Balaban J connectivity index is 2.06. The fourth-order valence-corrected chi connectivity index (χ4v) is 3.31. The number of aliphatic carboxylic acids is 1. The van der Waals surface area contributed by atoms with Gasteiger partial charge in [0.05, 0.1) is 0 Å². The number of amides is 2. The molecule has 2 aromatic rings. The van der Waals surface area contributed by atoms with E-state index in [4.69, 9.17) is 5.11 Å². The third kappa shape index (κ3) is 9.99. The van der Waals surface area contributed by atoms with Crippen LogP contribution in [0.1, 0.15) is 56.6 Å². The maximum Gasteiger partial charge on any atom is 0.328 e. The standard InChI is InChI=1S/C27H32N2O4/c1-2-3-4-5-6-10-19-28-26(31)20-24(21-11-8-7-9-12-21)22-13-15-23(16-14-22)29-25(30)17-18-27(32)33/h7-9,11-18,20H,2-6,10,19H2,1H3,(H,28,31)(H,29,30)(H,32,33)/b18-17-,24-20?. The number of nitrogens with one attached hydrogen (secondary N) is 2. The van der Waals surface area contributed by atoms with Gasteiger partial charge in [-0.05, 0) is 35.3 Å². The van der Waals surface area contributed by atoms with Gasteiger partial charge in [-0.25, -0.2) is 4.79 Å². The van der Waals surface area contributed by atoms with E-state index in [-0.39, 0.29) is 5.91 Å². The van der Waals surface area contributed by atoms with E-state index in [0.29, 0.717) is 12.2 Å². The molecule has 0 saturated heterocycles. The molecule has 2 rings (SSSR count). The number of benzene rings is 2. The molecule has 0 unspecified atom stereocenters. The Kier molecular flexibility index (Phi) is 11.2. The lowest BCUT2D eigenvalue weighted by Crippen LogP contribution is -2.22. The van der Waals surface area contributed by atoms with Crippen molar-refractivity contribution >= 4 is 29.0 Å². The van der Waals surface area contributed by atoms with Crippen LogP contribution in [0.5, 0.6) is 0 Å². The molecule has 2 aromatic carbocycles. The predicted octanol–water partition coefficient (Wildman–Crippen LogP) is 5.17. The molecule has 0 spiro atoms. The van der Waals surface area contributed by atoms with Crippen molar-refractivity contribution in [1.29, 1.82) is 0 Å². The van der Waals surface area contributed by atoms with E-state index in [9.17, 15) is 14.4 Å². The van der Waals surface area contributed by atoms with Gasteiger partial charge in [0.25, 0.3) is 0 Å². The number of carbonyl (C=O) groups excluding carboxylic acids is 2. The summed E-state index contributed by atoms with van der Waals surface area (Å²) < 4.78 is 0. The summed E-state index contributed by atoms with van der Waals surface area (Å²) in [5.74, 6) is -1.86. The molecule has 33 heavy (non-hydrogen) atoms. The lowest BCUT2D eigenvalue weighted by atomic mass is 9.97. The Morgan fingerprint density at radius 3 is 2.09 bits per heavy atom. The van der Waals surface area contributed by atoms with Crippen LogP contribution in [0.25, 0.3) is 5.57 Å². The molecule has 0 aliphatic rings. The van der Waals surface area contributed by atoms with Crippen molar-refractivity contribution in [3.05, 3.63) is 84.0 Å². The van der Waals surface area contributed by atoms with E-state index in [2.05, 4.69) is 17.6 Å². The first kappa shape index (κ1) is 25.6. The van der Waals surface area contributed by atoms with E-state index < -0.39 is 11.9 Å². The number of anilines is 1. The van der Waals surface area contributed by atoms with Crippen molar-refractivity contribution in [1.82, 2.24) is 5.32 Å². The van der Waals surface area contributed by atoms with E-state index in [1.165, 1.54) is 25.7 Å². The van der Waals surface area contributed by atoms with Crippen LogP contribution in [0, 0.1) is 0 Å². The number of carboxylic acids is 1. The highest BCUT2D eigenvalue weighted by atomic mass is 16.4. The van der Waals surface area contributed by atoms with Crippen molar-refractivity contribution in [2.75, 3.05) is 11.9 Å².